The van der Waals surface area contributed by atoms with Crippen LogP contribution in [0.4, 0.5) is 22.0 Å². The zero-order chi connectivity index (χ0) is 21.9. The molecule has 0 aliphatic carbocycles. The second-order valence-corrected chi connectivity index (χ2v) is 7.38. The van der Waals surface area contributed by atoms with Gasteiger partial charge in [-0.25, -0.2) is 23.2 Å². The molecule has 0 unspecified atom stereocenters. The van der Waals surface area contributed by atoms with E-state index in [0.717, 1.165) is 18.9 Å². The van der Waals surface area contributed by atoms with Crippen LogP contribution >= 0.6 is 11.8 Å². The van der Waals surface area contributed by atoms with Gasteiger partial charge in [-0.15, -0.1) is 5.10 Å². The van der Waals surface area contributed by atoms with Crippen molar-refractivity contribution in [1.29, 1.82) is 0 Å². The van der Waals surface area contributed by atoms with Crippen LogP contribution in [0, 0.1) is 5.92 Å². The number of carbonyl (C=O) groups is 1. The second-order valence-electron chi connectivity index (χ2n) is 6.44. The molecule has 13 heteroatoms. The number of ether oxygens (including phenoxy) is 1. The number of rotatable bonds is 7. The van der Waals surface area contributed by atoms with E-state index >= 15 is 0 Å². The van der Waals surface area contributed by atoms with Crippen molar-refractivity contribution < 1.29 is 31.5 Å². The first kappa shape index (κ1) is 23.0. The number of tetrazole rings is 1. The van der Waals surface area contributed by atoms with E-state index in [1.807, 2.05) is 0 Å². The monoisotopic (exact) mass is 439 g/mol. The fourth-order valence-corrected chi connectivity index (χ4v) is 3.59. The largest absolute Gasteiger partial charge is 0.465 e. The second kappa shape index (κ2) is 9.01. The summed E-state index contributed by atoms with van der Waals surface area (Å²) in [6, 6.07) is 0. The third-order valence-electron chi connectivity index (χ3n) is 3.84. The first-order valence-electron chi connectivity index (χ1n) is 8.31. The average Bonchev–Trinajstić information content (AvgIpc) is 3.02. The topological polar surface area (TPSA) is 82.8 Å². The summed E-state index contributed by atoms with van der Waals surface area (Å²) < 4.78 is 73.9. The van der Waals surface area contributed by atoms with Gasteiger partial charge >= 0.3 is 12.1 Å². The molecule has 160 valence electrons. The molecule has 0 N–H and O–H groups in total. The molecule has 2 aromatic rings. The number of aryl methyl sites for hydroxylation is 1. The summed E-state index contributed by atoms with van der Waals surface area (Å²) in [5, 5.41) is 10.9. The highest BCUT2D eigenvalue weighted by Gasteiger charge is 2.40. The van der Waals surface area contributed by atoms with E-state index in [0.29, 0.717) is 0 Å². The Morgan fingerprint density at radius 3 is 2.34 bits per heavy atom. The Balaban J connectivity index is 2.77. The summed E-state index contributed by atoms with van der Waals surface area (Å²) in [7, 11) is 2.47. The summed E-state index contributed by atoms with van der Waals surface area (Å²) >= 11 is 0.868. The molecule has 0 spiro atoms. The smallest absolute Gasteiger partial charge is 0.433 e. The molecule has 0 aliphatic rings. The van der Waals surface area contributed by atoms with Gasteiger partial charge in [0, 0.05) is 12.8 Å². The lowest BCUT2D eigenvalue weighted by Crippen LogP contribution is -2.22. The standard InChI is InChI=1S/C16H18F5N5O2S/c1-7(2)5-8-9(6-29-15-23-24-25-26(15)3)12(16(19,20)21)22-11(13(17)18)10(8)14(27)28-4/h7,13H,5-6H2,1-4H3. The van der Waals surface area contributed by atoms with Crippen LogP contribution in [0.25, 0.3) is 0 Å². The normalized spacial score (nSPS) is 12.1. The van der Waals surface area contributed by atoms with E-state index in [9.17, 15) is 26.7 Å². The number of aromatic nitrogens is 5. The van der Waals surface area contributed by atoms with Gasteiger partial charge in [-0.1, -0.05) is 25.6 Å². The van der Waals surface area contributed by atoms with Crippen molar-refractivity contribution in [2.24, 2.45) is 13.0 Å². The third kappa shape index (κ3) is 5.19. The van der Waals surface area contributed by atoms with Gasteiger partial charge in [-0.3, -0.25) is 0 Å². The minimum atomic E-state index is -5.00. The van der Waals surface area contributed by atoms with Crippen molar-refractivity contribution in [2.45, 2.75) is 43.8 Å². The SMILES string of the molecule is COC(=O)c1c(C(F)F)nc(C(F)(F)F)c(CSc2nnnn2C)c1CC(C)C. The molecule has 0 aromatic carbocycles. The quantitative estimate of drug-likeness (QED) is 0.368. The molecule has 0 aliphatic heterocycles. The Hall–Kier alpha value is -2.31. The van der Waals surface area contributed by atoms with Crippen LogP contribution in [-0.2, 0) is 30.1 Å². The van der Waals surface area contributed by atoms with E-state index in [1.165, 1.54) is 11.7 Å². The van der Waals surface area contributed by atoms with Gasteiger partial charge in [0.15, 0.2) is 0 Å². The Bertz CT molecular complexity index is 885. The summed E-state index contributed by atoms with van der Waals surface area (Å²) in [5.41, 5.74) is -3.86. The molecule has 7 nitrogen and oxygen atoms in total. The molecule has 0 bridgehead atoms. The lowest BCUT2D eigenvalue weighted by Gasteiger charge is -2.22. The molecule has 2 heterocycles. The van der Waals surface area contributed by atoms with E-state index < -0.39 is 35.5 Å². The molecule has 2 rings (SSSR count). The number of esters is 1. The fraction of sp³-hybridized carbons (Fsp3) is 0.562. The first-order chi connectivity index (χ1) is 13.5. The number of nitrogens with zero attached hydrogens (tertiary/aromatic N) is 5. The Kier molecular flexibility index (Phi) is 7.14. The Labute approximate surface area is 167 Å². The number of hydrogen-bond donors (Lipinski definition) is 0. The number of halogens is 5. The van der Waals surface area contributed by atoms with Crippen LogP contribution in [0.1, 0.15) is 53.1 Å². The van der Waals surface area contributed by atoms with Crippen molar-refractivity contribution in [3.63, 3.8) is 0 Å². The summed E-state index contributed by atoms with van der Waals surface area (Å²) in [6.45, 7) is 3.39. The minimum Gasteiger partial charge on any atom is -0.465 e. The number of thioether (sulfide) groups is 1. The number of hydrogen-bond acceptors (Lipinski definition) is 7. The zero-order valence-corrected chi connectivity index (χ0v) is 16.7. The Morgan fingerprint density at radius 2 is 1.90 bits per heavy atom. The van der Waals surface area contributed by atoms with Gasteiger partial charge in [0.05, 0.1) is 12.7 Å². The highest BCUT2D eigenvalue weighted by molar-refractivity contribution is 7.98. The average molecular weight is 439 g/mol. The molecular weight excluding hydrogens is 421 g/mol. The lowest BCUT2D eigenvalue weighted by atomic mass is 9.91. The predicted molar refractivity (Wildman–Crippen MR) is 92.4 cm³/mol. The van der Waals surface area contributed by atoms with Gasteiger partial charge in [-0.2, -0.15) is 13.2 Å². The van der Waals surface area contributed by atoms with E-state index in [1.54, 1.807) is 13.8 Å². The number of pyridine rings is 1. The lowest BCUT2D eigenvalue weighted by molar-refractivity contribution is -0.142. The van der Waals surface area contributed by atoms with Gasteiger partial charge in [0.1, 0.15) is 11.4 Å². The molecule has 29 heavy (non-hydrogen) atoms. The zero-order valence-electron chi connectivity index (χ0n) is 15.9. The molecule has 2 aromatic heterocycles. The van der Waals surface area contributed by atoms with Gasteiger partial charge in [-0.05, 0) is 33.9 Å². The highest BCUT2D eigenvalue weighted by Crippen LogP contribution is 2.39. The van der Waals surface area contributed by atoms with E-state index in [-0.39, 0.29) is 34.4 Å². The highest BCUT2D eigenvalue weighted by atomic mass is 32.2. The predicted octanol–water partition coefficient (Wildman–Crippen LogP) is 3.84. The van der Waals surface area contributed by atoms with E-state index in [2.05, 4.69) is 25.2 Å². The number of alkyl halides is 5. The summed E-state index contributed by atoms with van der Waals surface area (Å²) in [4.78, 5) is 15.4. The van der Waals surface area contributed by atoms with Gasteiger partial charge < -0.3 is 4.74 Å². The van der Waals surface area contributed by atoms with Crippen molar-refractivity contribution in [3.8, 4) is 0 Å². The van der Waals surface area contributed by atoms with Crippen LogP contribution in [0.15, 0.2) is 5.16 Å². The van der Waals surface area contributed by atoms with E-state index in [4.69, 9.17) is 0 Å². The van der Waals surface area contributed by atoms with Crippen LogP contribution < -0.4 is 0 Å². The molecule has 0 atom stereocenters. The number of methoxy groups -OCH3 is 1. The van der Waals surface area contributed by atoms with Crippen LogP contribution in [-0.4, -0.2) is 38.3 Å². The van der Waals surface area contributed by atoms with Crippen molar-refractivity contribution in [3.05, 3.63) is 28.1 Å². The summed E-state index contributed by atoms with van der Waals surface area (Å²) in [6.07, 6.45) is -8.44. The molecule has 0 amide bonds. The molecule has 0 saturated heterocycles. The first-order valence-corrected chi connectivity index (χ1v) is 9.30. The third-order valence-corrected chi connectivity index (χ3v) is 4.88. The maximum Gasteiger partial charge on any atom is 0.433 e. The maximum absolute atomic E-state index is 13.7. The molecule has 0 fully saturated rings. The van der Waals surface area contributed by atoms with Crippen molar-refractivity contribution in [2.75, 3.05) is 7.11 Å². The molecular formula is C16H18F5N5O2S. The summed E-state index contributed by atoms with van der Waals surface area (Å²) in [5.74, 6) is -1.72. The van der Waals surface area contributed by atoms with Crippen molar-refractivity contribution >= 4 is 17.7 Å². The van der Waals surface area contributed by atoms with Gasteiger partial charge in [0.2, 0.25) is 5.16 Å². The van der Waals surface area contributed by atoms with Crippen LogP contribution in [0.3, 0.4) is 0 Å². The fourth-order valence-electron chi connectivity index (χ4n) is 2.68. The number of carbonyl (C=O) groups excluding carboxylic acids is 1. The Morgan fingerprint density at radius 1 is 1.24 bits per heavy atom. The molecule has 0 saturated carbocycles. The van der Waals surface area contributed by atoms with Crippen molar-refractivity contribution in [1.82, 2.24) is 25.2 Å². The minimum absolute atomic E-state index is 0.0529. The van der Waals surface area contributed by atoms with Crippen LogP contribution in [0.5, 0.6) is 0 Å². The van der Waals surface area contributed by atoms with Crippen LogP contribution in [0.2, 0.25) is 0 Å². The maximum atomic E-state index is 13.7. The molecule has 0 radical (unpaired) electrons. The van der Waals surface area contributed by atoms with Gasteiger partial charge in [0.25, 0.3) is 6.43 Å².